The van der Waals surface area contributed by atoms with Crippen molar-refractivity contribution in [1.82, 2.24) is 0 Å². The van der Waals surface area contributed by atoms with Crippen LogP contribution in [0.3, 0.4) is 0 Å². The lowest BCUT2D eigenvalue weighted by Gasteiger charge is -2.16. The number of carbonyl (C=O) groups excluding carboxylic acids is 2. The van der Waals surface area contributed by atoms with Gasteiger partial charge in [0.1, 0.15) is 6.10 Å². The van der Waals surface area contributed by atoms with Gasteiger partial charge in [-0.3, -0.25) is 0 Å². The first-order chi connectivity index (χ1) is 11.4. The van der Waals surface area contributed by atoms with E-state index in [0.29, 0.717) is 30.6 Å². The van der Waals surface area contributed by atoms with E-state index in [9.17, 15) is 9.59 Å². The van der Waals surface area contributed by atoms with Gasteiger partial charge in [0.05, 0.1) is 6.61 Å². The molecule has 0 aliphatic carbocycles. The van der Waals surface area contributed by atoms with Gasteiger partial charge in [0.15, 0.2) is 0 Å². The van der Waals surface area contributed by atoms with Crippen LogP contribution in [-0.2, 0) is 19.1 Å². The summed E-state index contributed by atoms with van der Waals surface area (Å²) >= 11 is 0. The van der Waals surface area contributed by atoms with Gasteiger partial charge >= 0.3 is 11.9 Å². The molecule has 0 radical (unpaired) electrons. The summed E-state index contributed by atoms with van der Waals surface area (Å²) in [4.78, 5) is 23.7. The number of carbonyl (C=O) groups is 2. The van der Waals surface area contributed by atoms with Crippen LogP contribution in [0, 0.1) is 5.92 Å². The van der Waals surface area contributed by atoms with E-state index in [2.05, 4.69) is 26.2 Å². The van der Waals surface area contributed by atoms with Crippen molar-refractivity contribution in [2.24, 2.45) is 5.92 Å². The van der Waals surface area contributed by atoms with Crippen LogP contribution in [-0.4, -0.2) is 24.6 Å². The van der Waals surface area contributed by atoms with Crippen LogP contribution in [0.4, 0.5) is 0 Å². The molecule has 1 fully saturated rings. The van der Waals surface area contributed by atoms with Gasteiger partial charge in [-0.1, -0.05) is 30.4 Å². The predicted molar refractivity (Wildman–Crippen MR) is 93.2 cm³/mol. The number of rotatable bonds is 0. The Hall–Kier alpha value is -2.10. The van der Waals surface area contributed by atoms with Crippen molar-refractivity contribution in [3.05, 3.63) is 47.6 Å². The summed E-state index contributed by atoms with van der Waals surface area (Å²) in [6.45, 7) is 12.0. The average Bonchev–Trinajstić information content (AvgIpc) is 2.78. The van der Waals surface area contributed by atoms with Crippen LogP contribution >= 0.6 is 0 Å². The monoisotopic (exact) mass is 330 g/mol. The Balaban J connectivity index is 2.17. The van der Waals surface area contributed by atoms with Crippen molar-refractivity contribution in [2.45, 2.75) is 52.1 Å². The molecule has 0 unspecified atom stereocenters. The molecule has 0 aromatic rings. The zero-order valence-corrected chi connectivity index (χ0v) is 14.6. The molecule has 0 aromatic carbocycles. The second-order valence-electron chi connectivity index (χ2n) is 6.63. The number of esters is 2. The molecule has 0 bridgehead atoms. The van der Waals surface area contributed by atoms with Crippen LogP contribution in [0.1, 0.15) is 46.0 Å². The molecule has 2 aliphatic rings. The van der Waals surface area contributed by atoms with E-state index in [1.54, 1.807) is 0 Å². The Bertz CT molecular complexity index is 607. The molecule has 2 atom stereocenters. The summed E-state index contributed by atoms with van der Waals surface area (Å²) in [5.74, 6) is -0.625. The lowest BCUT2D eigenvalue weighted by Crippen LogP contribution is -2.15. The molecule has 130 valence electrons. The highest BCUT2D eigenvalue weighted by Crippen LogP contribution is 2.33. The Morgan fingerprint density at radius 2 is 1.79 bits per heavy atom. The molecule has 0 N–H and O–H groups in total. The fourth-order valence-electron chi connectivity index (χ4n) is 2.97. The molecule has 1 saturated heterocycles. The Morgan fingerprint density at radius 1 is 1.04 bits per heavy atom. The summed E-state index contributed by atoms with van der Waals surface area (Å²) in [7, 11) is 0. The summed E-state index contributed by atoms with van der Waals surface area (Å²) in [6, 6.07) is 0. The first kappa shape index (κ1) is 18.2. The van der Waals surface area contributed by atoms with E-state index in [-0.39, 0.29) is 24.0 Å². The Kier molecular flexibility index (Phi) is 6.18. The Labute approximate surface area is 143 Å². The van der Waals surface area contributed by atoms with Crippen molar-refractivity contribution in [3.8, 4) is 0 Å². The molecule has 0 aromatic heterocycles. The SMILES string of the molecule is C=C1CC/C=C(\C)CC[C@@H]2C(=C)C(=O)O[C@H]2/C=C(\C)CCOC1=O. The topological polar surface area (TPSA) is 52.6 Å². The molecule has 0 amide bonds. The van der Waals surface area contributed by atoms with Gasteiger partial charge in [0.2, 0.25) is 0 Å². The van der Waals surface area contributed by atoms with Crippen molar-refractivity contribution in [1.29, 1.82) is 0 Å². The van der Waals surface area contributed by atoms with Crippen molar-refractivity contribution in [2.75, 3.05) is 6.61 Å². The van der Waals surface area contributed by atoms with E-state index in [1.165, 1.54) is 5.57 Å². The highest BCUT2D eigenvalue weighted by Gasteiger charge is 2.36. The van der Waals surface area contributed by atoms with Crippen molar-refractivity contribution >= 4 is 11.9 Å². The van der Waals surface area contributed by atoms with Gasteiger partial charge in [-0.15, -0.1) is 0 Å². The largest absolute Gasteiger partial charge is 0.462 e. The smallest absolute Gasteiger partial charge is 0.334 e. The lowest BCUT2D eigenvalue weighted by molar-refractivity contribution is -0.139. The average molecular weight is 330 g/mol. The Morgan fingerprint density at radius 3 is 2.54 bits per heavy atom. The van der Waals surface area contributed by atoms with Gasteiger partial charge in [0.25, 0.3) is 0 Å². The number of fused-ring (bicyclic) bond motifs is 1. The van der Waals surface area contributed by atoms with E-state index >= 15 is 0 Å². The van der Waals surface area contributed by atoms with Gasteiger partial charge in [-0.25, -0.2) is 9.59 Å². The van der Waals surface area contributed by atoms with Crippen molar-refractivity contribution < 1.29 is 19.1 Å². The molecule has 4 nitrogen and oxygen atoms in total. The zero-order valence-electron chi connectivity index (χ0n) is 14.6. The standard InChI is InChI=1S/C20H26O4/c1-13-6-5-7-15(3)19(21)23-11-10-14(2)12-18-17(9-8-13)16(4)20(22)24-18/h6,12,17-18H,3-5,7-11H2,1-2H3/b13-6+,14-12+/t17-,18+/m1/s1. The second kappa shape index (κ2) is 8.13. The number of hydrogen-bond donors (Lipinski definition) is 0. The van der Waals surface area contributed by atoms with Crippen LogP contribution in [0.15, 0.2) is 47.6 Å². The van der Waals surface area contributed by atoms with Gasteiger partial charge < -0.3 is 9.47 Å². The lowest BCUT2D eigenvalue weighted by atomic mass is 9.89. The molecular weight excluding hydrogens is 304 g/mol. The number of allylic oxidation sites excluding steroid dienone is 2. The summed E-state index contributed by atoms with van der Waals surface area (Å²) in [5.41, 5.74) is 3.33. The first-order valence-corrected chi connectivity index (χ1v) is 8.46. The molecule has 2 heterocycles. The normalized spacial score (nSPS) is 31.6. The summed E-state index contributed by atoms with van der Waals surface area (Å²) < 4.78 is 10.7. The van der Waals surface area contributed by atoms with E-state index in [4.69, 9.17) is 9.47 Å². The summed E-state index contributed by atoms with van der Waals surface area (Å²) in [6.07, 6.45) is 7.50. The second-order valence-corrected chi connectivity index (χ2v) is 6.63. The van der Waals surface area contributed by atoms with Crippen LogP contribution in [0.25, 0.3) is 0 Å². The van der Waals surface area contributed by atoms with Crippen LogP contribution < -0.4 is 0 Å². The molecule has 4 heteroatoms. The van der Waals surface area contributed by atoms with Crippen LogP contribution in [0.5, 0.6) is 0 Å². The van der Waals surface area contributed by atoms with Crippen LogP contribution in [0.2, 0.25) is 0 Å². The highest BCUT2D eigenvalue weighted by molar-refractivity contribution is 5.91. The third-order valence-electron chi connectivity index (χ3n) is 4.61. The van der Waals surface area contributed by atoms with Crippen molar-refractivity contribution in [3.63, 3.8) is 0 Å². The third-order valence-corrected chi connectivity index (χ3v) is 4.61. The molecule has 0 saturated carbocycles. The molecule has 2 rings (SSSR count). The highest BCUT2D eigenvalue weighted by atomic mass is 16.6. The minimum absolute atomic E-state index is 0.0124. The van der Waals surface area contributed by atoms with E-state index in [1.807, 2.05) is 13.0 Å². The first-order valence-electron chi connectivity index (χ1n) is 8.46. The summed E-state index contributed by atoms with van der Waals surface area (Å²) in [5, 5.41) is 0. The quantitative estimate of drug-likeness (QED) is 0.382. The number of hydrogen-bond acceptors (Lipinski definition) is 4. The maximum Gasteiger partial charge on any atom is 0.334 e. The minimum Gasteiger partial charge on any atom is -0.462 e. The van der Waals surface area contributed by atoms with Gasteiger partial charge in [-0.05, 0) is 45.6 Å². The number of ether oxygens (including phenoxy) is 2. The number of cyclic esters (lactones) is 1. The molecule has 24 heavy (non-hydrogen) atoms. The minimum atomic E-state index is -0.331. The third kappa shape index (κ3) is 4.70. The molecular formula is C20H26O4. The van der Waals surface area contributed by atoms with E-state index in [0.717, 1.165) is 24.8 Å². The zero-order chi connectivity index (χ0) is 17.7. The van der Waals surface area contributed by atoms with E-state index < -0.39 is 0 Å². The molecule has 0 spiro atoms. The van der Waals surface area contributed by atoms with Gasteiger partial charge in [-0.2, -0.15) is 0 Å². The van der Waals surface area contributed by atoms with Gasteiger partial charge in [0, 0.05) is 23.5 Å². The fourth-order valence-corrected chi connectivity index (χ4v) is 2.97. The molecule has 2 aliphatic heterocycles. The fraction of sp³-hybridized carbons (Fsp3) is 0.500. The maximum atomic E-state index is 11.9. The predicted octanol–water partition coefficient (Wildman–Crippen LogP) is 4.04. The maximum absolute atomic E-state index is 11.9.